The Morgan fingerprint density at radius 3 is 2.14 bits per heavy atom. The molecule has 3 aromatic rings. The second-order valence-corrected chi connectivity index (χ2v) is 18.0. The van der Waals surface area contributed by atoms with Crippen LogP contribution < -0.4 is 0 Å². The Morgan fingerprint density at radius 1 is 0.914 bits per heavy atom. The van der Waals surface area contributed by atoms with E-state index in [9.17, 15) is 0 Å². The van der Waals surface area contributed by atoms with Crippen molar-refractivity contribution in [2.45, 2.75) is 72.6 Å². The monoisotopic (exact) mass is 526 g/mol. The minimum Gasteiger partial charge on any atom is -0.406 e. The Labute approximate surface area is 220 Å². The van der Waals surface area contributed by atoms with Crippen LogP contribution >= 0.6 is 23.1 Å². The molecule has 0 spiro atoms. The summed E-state index contributed by atoms with van der Waals surface area (Å²) in [6.07, 6.45) is 1.77. The molecule has 1 unspecified atom stereocenters. The molecule has 1 aliphatic heterocycles. The second kappa shape index (κ2) is 10.9. The van der Waals surface area contributed by atoms with Crippen LogP contribution in [-0.4, -0.2) is 28.6 Å². The van der Waals surface area contributed by atoms with Crippen molar-refractivity contribution < 1.29 is 13.9 Å². The molecule has 4 rings (SSSR count). The van der Waals surface area contributed by atoms with E-state index in [1.807, 2.05) is 30.2 Å². The van der Waals surface area contributed by atoms with Crippen molar-refractivity contribution in [1.29, 1.82) is 0 Å². The minimum atomic E-state index is -1.96. The van der Waals surface area contributed by atoms with Crippen molar-refractivity contribution in [3.05, 3.63) is 82.7 Å². The van der Waals surface area contributed by atoms with E-state index in [1.54, 1.807) is 0 Å². The lowest BCUT2D eigenvalue weighted by Gasteiger charge is -2.39. The molecule has 0 aliphatic carbocycles. The zero-order valence-corrected chi connectivity index (χ0v) is 24.4. The summed E-state index contributed by atoms with van der Waals surface area (Å²) in [5.41, 5.74) is 2.22. The highest BCUT2D eigenvalue weighted by atomic mass is 32.2. The van der Waals surface area contributed by atoms with Crippen molar-refractivity contribution in [1.82, 2.24) is 0 Å². The molecule has 2 heterocycles. The lowest BCUT2D eigenvalue weighted by Crippen LogP contribution is -2.42. The molecule has 0 saturated carbocycles. The third-order valence-corrected chi connectivity index (χ3v) is 14.3. The van der Waals surface area contributed by atoms with Crippen LogP contribution in [0, 0.1) is 0 Å². The zero-order chi connectivity index (χ0) is 25.1. The van der Waals surface area contributed by atoms with Crippen molar-refractivity contribution in [2.75, 3.05) is 20.3 Å². The normalized spacial score (nSPS) is 17.3. The standard InChI is InChI=1S/C29H38O3S2Si/c1-28(2,3)35(5,6)32-27(22-10-8-7-9-11-22)23-12-14-24(15-13-23)33-26-17-16-25(34-26)29(30-4)18-20-31-21-19-29/h7-17,27H,18-21H2,1-6H3. The van der Waals surface area contributed by atoms with Crippen molar-refractivity contribution >= 4 is 31.4 Å². The Bertz CT molecular complexity index is 1080. The molecule has 1 fully saturated rings. The van der Waals surface area contributed by atoms with Gasteiger partial charge in [-0.2, -0.15) is 0 Å². The summed E-state index contributed by atoms with van der Waals surface area (Å²) in [5.74, 6) is 0. The molecule has 0 radical (unpaired) electrons. The van der Waals surface area contributed by atoms with Gasteiger partial charge in [-0.05, 0) is 53.5 Å². The highest BCUT2D eigenvalue weighted by Crippen LogP contribution is 2.44. The lowest BCUT2D eigenvalue weighted by atomic mass is 9.92. The van der Waals surface area contributed by atoms with Crippen LogP contribution in [0.5, 0.6) is 0 Å². The first-order valence-corrected chi connectivity index (χ1v) is 16.9. The summed E-state index contributed by atoms with van der Waals surface area (Å²) >= 11 is 3.65. The average molecular weight is 527 g/mol. The van der Waals surface area contributed by atoms with Crippen LogP contribution in [0.25, 0.3) is 0 Å². The van der Waals surface area contributed by atoms with Crippen LogP contribution in [0.15, 0.2) is 75.8 Å². The van der Waals surface area contributed by atoms with E-state index in [0.717, 1.165) is 26.1 Å². The van der Waals surface area contributed by atoms with Gasteiger partial charge in [0, 0.05) is 42.9 Å². The molecule has 1 atom stereocenters. The van der Waals surface area contributed by atoms with Gasteiger partial charge in [0.2, 0.25) is 0 Å². The van der Waals surface area contributed by atoms with Crippen LogP contribution in [-0.2, 0) is 19.5 Å². The number of hydrogen-bond acceptors (Lipinski definition) is 5. The predicted octanol–water partition coefficient (Wildman–Crippen LogP) is 8.66. The second-order valence-electron chi connectivity index (χ2n) is 10.8. The molecule has 1 saturated heterocycles. The summed E-state index contributed by atoms with van der Waals surface area (Å²) in [5, 5.41) is 0.150. The van der Waals surface area contributed by atoms with Crippen LogP contribution in [0.1, 0.15) is 55.7 Å². The molecular weight excluding hydrogens is 489 g/mol. The molecule has 3 nitrogen and oxygen atoms in total. The topological polar surface area (TPSA) is 27.7 Å². The van der Waals surface area contributed by atoms with E-state index in [0.29, 0.717) is 0 Å². The third-order valence-electron chi connectivity index (χ3n) is 7.44. The average Bonchev–Trinajstić information content (AvgIpc) is 3.32. The summed E-state index contributed by atoms with van der Waals surface area (Å²) in [7, 11) is -0.132. The molecule has 0 amide bonds. The Balaban J connectivity index is 1.53. The van der Waals surface area contributed by atoms with Gasteiger partial charge in [-0.15, -0.1) is 11.3 Å². The highest BCUT2D eigenvalue weighted by Gasteiger charge is 2.40. The quantitative estimate of drug-likeness (QED) is 0.274. The third kappa shape index (κ3) is 6.12. The number of rotatable bonds is 8. The van der Waals surface area contributed by atoms with Crippen LogP contribution in [0.4, 0.5) is 0 Å². The fraction of sp³-hybridized carbons (Fsp3) is 0.448. The number of methoxy groups -OCH3 is 1. The van der Waals surface area contributed by atoms with Crippen molar-refractivity contribution in [2.24, 2.45) is 0 Å². The first-order chi connectivity index (χ1) is 16.6. The van der Waals surface area contributed by atoms with Gasteiger partial charge < -0.3 is 13.9 Å². The molecule has 0 bridgehead atoms. The van der Waals surface area contributed by atoms with Crippen LogP contribution in [0.3, 0.4) is 0 Å². The zero-order valence-electron chi connectivity index (χ0n) is 21.8. The molecule has 0 N–H and O–H groups in total. The van der Waals surface area contributed by atoms with E-state index < -0.39 is 8.32 Å². The van der Waals surface area contributed by atoms with Gasteiger partial charge in [-0.1, -0.05) is 75.0 Å². The molecular formula is C29H38O3S2Si. The fourth-order valence-corrected chi connectivity index (χ4v) is 7.67. The minimum absolute atomic E-state index is 0.0560. The molecule has 188 valence electrons. The number of thiophene rings is 1. The summed E-state index contributed by atoms with van der Waals surface area (Å²) in [6, 6.07) is 24.0. The lowest BCUT2D eigenvalue weighted by molar-refractivity contribution is -0.0925. The van der Waals surface area contributed by atoms with Crippen LogP contribution in [0.2, 0.25) is 18.1 Å². The van der Waals surface area contributed by atoms with E-state index >= 15 is 0 Å². The Hall–Kier alpha value is -1.41. The van der Waals surface area contributed by atoms with Gasteiger partial charge in [0.15, 0.2) is 8.32 Å². The fourth-order valence-electron chi connectivity index (χ4n) is 4.13. The maximum Gasteiger partial charge on any atom is 0.193 e. The van der Waals surface area contributed by atoms with Crippen molar-refractivity contribution in [3.8, 4) is 0 Å². The van der Waals surface area contributed by atoms with E-state index in [2.05, 4.69) is 101 Å². The molecule has 1 aliphatic rings. The molecule has 6 heteroatoms. The molecule has 35 heavy (non-hydrogen) atoms. The largest absolute Gasteiger partial charge is 0.406 e. The predicted molar refractivity (Wildman–Crippen MR) is 150 cm³/mol. The van der Waals surface area contributed by atoms with Gasteiger partial charge in [-0.25, -0.2) is 0 Å². The summed E-state index contributed by atoms with van der Waals surface area (Å²) in [6.45, 7) is 13.1. The summed E-state index contributed by atoms with van der Waals surface area (Å²) < 4.78 is 19.8. The van der Waals surface area contributed by atoms with Gasteiger partial charge in [0.25, 0.3) is 0 Å². The van der Waals surface area contributed by atoms with E-state index in [4.69, 9.17) is 13.9 Å². The van der Waals surface area contributed by atoms with Gasteiger partial charge >= 0.3 is 0 Å². The first-order valence-electron chi connectivity index (χ1n) is 12.4. The van der Waals surface area contributed by atoms with Gasteiger partial charge in [0.1, 0.15) is 5.60 Å². The van der Waals surface area contributed by atoms with Gasteiger partial charge in [0.05, 0.1) is 10.3 Å². The Kier molecular flexibility index (Phi) is 8.31. The number of hydrogen-bond donors (Lipinski definition) is 0. The Morgan fingerprint density at radius 2 is 1.54 bits per heavy atom. The molecule has 2 aromatic carbocycles. The highest BCUT2D eigenvalue weighted by molar-refractivity contribution is 8.01. The molecule has 1 aromatic heterocycles. The first kappa shape index (κ1) is 26.6. The van der Waals surface area contributed by atoms with Gasteiger partial charge in [-0.3, -0.25) is 0 Å². The van der Waals surface area contributed by atoms with Crippen molar-refractivity contribution in [3.63, 3.8) is 0 Å². The van der Waals surface area contributed by atoms with E-state index in [-0.39, 0.29) is 16.7 Å². The maximum absolute atomic E-state index is 6.94. The maximum atomic E-state index is 6.94. The number of benzene rings is 2. The summed E-state index contributed by atoms with van der Waals surface area (Å²) in [4.78, 5) is 2.54. The van der Waals surface area contributed by atoms with E-state index in [1.165, 1.54) is 25.1 Å². The number of ether oxygens (including phenoxy) is 2. The SMILES string of the molecule is COC1(c2ccc(Sc3ccc(C(O[Si](C)(C)C(C)(C)C)c4ccccc4)cc3)s2)CCOCC1. The smallest absolute Gasteiger partial charge is 0.193 e.